The number of azo groups is 1. The van der Waals surface area contributed by atoms with Crippen LogP contribution in [0.5, 0.6) is 0 Å². The Bertz CT molecular complexity index is 264. The number of ketones is 1. The lowest BCUT2D eigenvalue weighted by molar-refractivity contribution is -0.111. The fourth-order valence-electron chi connectivity index (χ4n) is 0.928. The molecule has 2 aliphatic heterocycles. The Labute approximate surface area is 57.3 Å². The smallest absolute Gasteiger partial charge is 0.188 e. The minimum Gasteiger partial charge on any atom is -0.364 e. The monoisotopic (exact) mass is 135 g/mol. The minimum atomic E-state index is -0.225. The van der Waals surface area contributed by atoms with Gasteiger partial charge in [-0.15, -0.1) is 0 Å². The number of carbonyl (C=O) groups excluding carboxylic acids is 1. The van der Waals surface area contributed by atoms with Crippen LogP contribution in [0.1, 0.15) is 0 Å². The second-order valence-electron chi connectivity index (χ2n) is 2.08. The van der Waals surface area contributed by atoms with Gasteiger partial charge >= 0.3 is 0 Å². The van der Waals surface area contributed by atoms with Crippen LogP contribution in [0.4, 0.5) is 0 Å². The zero-order valence-corrected chi connectivity index (χ0v) is 5.11. The van der Waals surface area contributed by atoms with Gasteiger partial charge in [0.2, 0.25) is 0 Å². The molecule has 1 unspecified atom stereocenters. The van der Waals surface area contributed by atoms with Crippen molar-refractivity contribution in [2.75, 3.05) is 0 Å². The maximum absolute atomic E-state index is 11.0. The van der Waals surface area contributed by atoms with Crippen molar-refractivity contribution < 1.29 is 4.79 Å². The number of nitrogens with one attached hydrogen (secondary N) is 1. The van der Waals surface area contributed by atoms with Crippen LogP contribution in [0.15, 0.2) is 34.3 Å². The lowest BCUT2D eigenvalue weighted by Gasteiger charge is -2.12. The number of hydrogen-bond donors (Lipinski definition) is 1. The van der Waals surface area contributed by atoms with Crippen molar-refractivity contribution in [2.24, 2.45) is 10.2 Å². The fraction of sp³-hybridized carbons (Fsp3) is 0.167. The van der Waals surface area contributed by atoms with E-state index in [9.17, 15) is 4.79 Å². The first-order chi connectivity index (χ1) is 4.88. The van der Waals surface area contributed by atoms with E-state index in [1.807, 2.05) is 0 Å². The van der Waals surface area contributed by atoms with E-state index < -0.39 is 0 Å². The summed E-state index contributed by atoms with van der Waals surface area (Å²) in [6, 6.07) is 0. The van der Waals surface area contributed by atoms with Crippen LogP contribution in [0.2, 0.25) is 0 Å². The Morgan fingerprint density at radius 3 is 3.30 bits per heavy atom. The lowest BCUT2D eigenvalue weighted by atomic mass is 10.1. The molecule has 2 rings (SSSR count). The Morgan fingerprint density at radius 2 is 2.50 bits per heavy atom. The molecule has 0 spiro atoms. The number of allylic oxidation sites excluding steroid dienone is 1. The summed E-state index contributed by atoms with van der Waals surface area (Å²) in [6.45, 7) is 0. The summed E-state index contributed by atoms with van der Waals surface area (Å²) in [5, 5.41) is 10.3. The molecule has 0 aromatic carbocycles. The van der Waals surface area contributed by atoms with E-state index in [0.29, 0.717) is 5.57 Å². The van der Waals surface area contributed by atoms with Gasteiger partial charge in [0.15, 0.2) is 11.9 Å². The van der Waals surface area contributed by atoms with Crippen molar-refractivity contribution in [3.63, 3.8) is 0 Å². The first-order valence-electron chi connectivity index (χ1n) is 2.95. The molecule has 0 aliphatic carbocycles. The van der Waals surface area contributed by atoms with Gasteiger partial charge in [0.05, 0.1) is 11.8 Å². The first-order valence-corrected chi connectivity index (χ1v) is 2.95. The summed E-state index contributed by atoms with van der Waals surface area (Å²) in [6.07, 6.45) is 4.33. The van der Waals surface area contributed by atoms with E-state index in [1.54, 1.807) is 6.20 Å². The molecule has 0 aromatic rings. The molecular weight excluding hydrogens is 130 g/mol. The standard InChI is InChI=1S/C6H5N3O/c10-5-1-2-7-6-4(5)3-8-9-6/h1-3,6-7H. The summed E-state index contributed by atoms with van der Waals surface area (Å²) in [5.41, 5.74) is 0.627. The summed E-state index contributed by atoms with van der Waals surface area (Å²) in [5.74, 6) is -0.00579. The van der Waals surface area contributed by atoms with Gasteiger partial charge in [0.1, 0.15) is 0 Å². The molecule has 0 bridgehead atoms. The third kappa shape index (κ3) is 0.586. The molecular formula is C6H5N3O. The average Bonchev–Trinajstić information content (AvgIpc) is 2.36. The van der Waals surface area contributed by atoms with Gasteiger partial charge in [-0.25, -0.2) is 0 Å². The normalized spacial score (nSPS) is 27.8. The minimum absolute atomic E-state index is 0.00579. The molecule has 2 aliphatic rings. The van der Waals surface area contributed by atoms with E-state index in [0.717, 1.165) is 0 Å². The number of nitrogens with zero attached hydrogens (tertiary/aromatic N) is 2. The highest BCUT2D eigenvalue weighted by molar-refractivity contribution is 6.05. The molecule has 0 saturated carbocycles. The molecule has 0 fully saturated rings. The predicted molar refractivity (Wildman–Crippen MR) is 34.0 cm³/mol. The number of hydrogen-bond acceptors (Lipinski definition) is 4. The SMILES string of the molecule is O=C1C=CNC2N=NC=C12. The van der Waals surface area contributed by atoms with Gasteiger partial charge in [-0.1, -0.05) is 0 Å². The summed E-state index contributed by atoms with van der Waals surface area (Å²) in [4.78, 5) is 11.0. The largest absolute Gasteiger partial charge is 0.364 e. The van der Waals surface area contributed by atoms with Gasteiger partial charge < -0.3 is 5.32 Å². The summed E-state index contributed by atoms with van der Waals surface area (Å²) >= 11 is 0. The van der Waals surface area contributed by atoms with Crippen molar-refractivity contribution in [2.45, 2.75) is 6.17 Å². The molecule has 0 radical (unpaired) electrons. The van der Waals surface area contributed by atoms with Crippen LogP contribution in [0, 0.1) is 0 Å². The van der Waals surface area contributed by atoms with Crippen LogP contribution >= 0.6 is 0 Å². The molecule has 0 amide bonds. The molecule has 0 saturated heterocycles. The van der Waals surface area contributed by atoms with E-state index in [2.05, 4.69) is 15.5 Å². The molecule has 1 atom stereocenters. The lowest BCUT2D eigenvalue weighted by Crippen LogP contribution is -2.29. The summed E-state index contributed by atoms with van der Waals surface area (Å²) in [7, 11) is 0. The van der Waals surface area contributed by atoms with Crippen LogP contribution in [-0.2, 0) is 4.79 Å². The van der Waals surface area contributed by atoms with Crippen molar-refractivity contribution in [3.8, 4) is 0 Å². The first kappa shape index (κ1) is 5.34. The topological polar surface area (TPSA) is 53.8 Å². The van der Waals surface area contributed by atoms with Gasteiger partial charge in [-0.2, -0.15) is 10.2 Å². The van der Waals surface area contributed by atoms with Crippen LogP contribution in [0.25, 0.3) is 0 Å². The zero-order chi connectivity index (χ0) is 6.97. The predicted octanol–water partition coefficient (Wildman–Crippen LogP) is 0.348. The van der Waals surface area contributed by atoms with Crippen LogP contribution in [-0.4, -0.2) is 11.9 Å². The van der Waals surface area contributed by atoms with E-state index in [4.69, 9.17) is 0 Å². The molecule has 4 nitrogen and oxygen atoms in total. The third-order valence-electron chi connectivity index (χ3n) is 1.45. The Balaban J connectivity index is 2.40. The molecule has 10 heavy (non-hydrogen) atoms. The van der Waals surface area contributed by atoms with Crippen molar-refractivity contribution in [1.82, 2.24) is 5.32 Å². The highest BCUT2D eigenvalue weighted by Crippen LogP contribution is 2.16. The third-order valence-corrected chi connectivity index (χ3v) is 1.45. The van der Waals surface area contributed by atoms with Crippen molar-refractivity contribution in [1.29, 1.82) is 0 Å². The number of carbonyl (C=O) groups is 1. The van der Waals surface area contributed by atoms with Crippen molar-refractivity contribution >= 4 is 5.78 Å². The number of rotatable bonds is 0. The molecule has 2 heterocycles. The van der Waals surface area contributed by atoms with Crippen molar-refractivity contribution in [3.05, 3.63) is 24.0 Å². The molecule has 4 heteroatoms. The Kier molecular flexibility index (Phi) is 0.943. The molecule has 1 N–H and O–H groups in total. The quantitative estimate of drug-likeness (QED) is 0.521. The summed E-state index contributed by atoms with van der Waals surface area (Å²) < 4.78 is 0. The van der Waals surface area contributed by atoms with Gasteiger partial charge in [-0.05, 0) is 0 Å². The van der Waals surface area contributed by atoms with E-state index in [-0.39, 0.29) is 11.9 Å². The Hall–Kier alpha value is -1.45. The second-order valence-corrected chi connectivity index (χ2v) is 2.08. The zero-order valence-electron chi connectivity index (χ0n) is 5.11. The fourth-order valence-corrected chi connectivity index (χ4v) is 0.928. The average molecular weight is 135 g/mol. The van der Waals surface area contributed by atoms with E-state index in [1.165, 1.54) is 12.3 Å². The highest BCUT2D eigenvalue weighted by Gasteiger charge is 2.23. The van der Waals surface area contributed by atoms with Gasteiger partial charge in [0, 0.05) is 12.3 Å². The maximum atomic E-state index is 11.0. The molecule has 50 valence electrons. The van der Waals surface area contributed by atoms with Crippen LogP contribution in [0.3, 0.4) is 0 Å². The Morgan fingerprint density at radius 1 is 1.60 bits per heavy atom. The second kappa shape index (κ2) is 1.76. The van der Waals surface area contributed by atoms with E-state index >= 15 is 0 Å². The number of fused-ring (bicyclic) bond motifs is 1. The van der Waals surface area contributed by atoms with Crippen LogP contribution < -0.4 is 5.32 Å². The highest BCUT2D eigenvalue weighted by atomic mass is 16.1. The van der Waals surface area contributed by atoms with Gasteiger partial charge in [-0.3, -0.25) is 4.79 Å². The van der Waals surface area contributed by atoms with Gasteiger partial charge in [0.25, 0.3) is 0 Å². The molecule has 0 aromatic heterocycles. The maximum Gasteiger partial charge on any atom is 0.188 e.